The molecule has 2 N–H and O–H groups in total. The summed E-state index contributed by atoms with van der Waals surface area (Å²) in [6.07, 6.45) is 0. The summed E-state index contributed by atoms with van der Waals surface area (Å²) >= 11 is 0. The third kappa shape index (κ3) is 6.16. The van der Waals surface area contributed by atoms with Crippen molar-refractivity contribution in [1.82, 2.24) is 15.5 Å². The number of morpholine rings is 1. The van der Waals surface area contributed by atoms with Crippen LogP contribution in [-0.4, -0.2) is 62.8 Å². The fraction of sp³-hybridized carbons (Fsp3) is 0.409. The number of nitro groups is 1. The maximum Gasteiger partial charge on any atom is 0.274 e. The van der Waals surface area contributed by atoms with Crippen molar-refractivity contribution in [3.05, 3.63) is 69.8 Å². The Kier molecular flexibility index (Phi) is 8.19. The second-order valence-electron chi connectivity index (χ2n) is 7.13. The first-order chi connectivity index (χ1) is 15.1. The van der Waals surface area contributed by atoms with Crippen LogP contribution in [0.25, 0.3) is 0 Å². The zero-order chi connectivity index (χ0) is 22.1. The van der Waals surface area contributed by atoms with Gasteiger partial charge in [0.1, 0.15) is 5.75 Å². The summed E-state index contributed by atoms with van der Waals surface area (Å²) in [6.45, 7) is 4.04. The Hall–Kier alpha value is -3.17. The Balaban J connectivity index is 1.66. The molecule has 0 aromatic heterocycles. The first-order valence-corrected chi connectivity index (χ1v) is 10.2. The molecule has 166 valence electrons. The molecule has 9 nitrogen and oxygen atoms in total. The van der Waals surface area contributed by atoms with Crippen molar-refractivity contribution in [3.8, 4) is 5.75 Å². The van der Waals surface area contributed by atoms with E-state index in [0.29, 0.717) is 37.8 Å². The van der Waals surface area contributed by atoms with Crippen molar-refractivity contribution in [2.24, 2.45) is 4.99 Å². The Labute approximate surface area is 182 Å². The molecule has 0 radical (unpaired) electrons. The summed E-state index contributed by atoms with van der Waals surface area (Å²) in [5, 5.41) is 17.8. The summed E-state index contributed by atoms with van der Waals surface area (Å²) in [4.78, 5) is 17.5. The van der Waals surface area contributed by atoms with Crippen LogP contribution in [0.1, 0.15) is 17.2 Å². The van der Waals surface area contributed by atoms with E-state index in [1.807, 2.05) is 12.1 Å². The summed E-state index contributed by atoms with van der Waals surface area (Å²) in [5.74, 6) is 1.41. The summed E-state index contributed by atoms with van der Waals surface area (Å²) < 4.78 is 10.8. The molecular weight excluding hydrogens is 398 g/mol. The Morgan fingerprint density at radius 3 is 2.55 bits per heavy atom. The van der Waals surface area contributed by atoms with Crippen LogP contribution in [0.4, 0.5) is 5.69 Å². The van der Waals surface area contributed by atoms with Gasteiger partial charge in [-0.3, -0.25) is 20.0 Å². The molecule has 3 rings (SSSR count). The van der Waals surface area contributed by atoms with Gasteiger partial charge in [-0.1, -0.05) is 30.3 Å². The van der Waals surface area contributed by atoms with Gasteiger partial charge < -0.3 is 20.1 Å². The lowest BCUT2D eigenvalue weighted by atomic mass is 10.0. The van der Waals surface area contributed by atoms with Gasteiger partial charge in [0, 0.05) is 44.9 Å². The highest BCUT2D eigenvalue weighted by Gasteiger charge is 2.23. The van der Waals surface area contributed by atoms with Crippen molar-refractivity contribution >= 4 is 11.6 Å². The molecule has 0 spiro atoms. The number of hydrogen-bond donors (Lipinski definition) is 2. The first kappa shape index (κ1) is 22.5. The highest BCUT2D eigenvalue weighted by molar-refractivity contribution is 5.79. The molecule has 0 saturated carbocycles. The summed E-state index contributed by atoms with van der Waals surface area (Å²) in [7, 11) is 3.34. The average Bonchev–Trinajstić information content (AvgIpc) is 2.82. The first-order valence-electron chi connectivity index (χ1n) is 10.2. The molecule has 1 atom stereocenters. The van der Waals surface area contributed by atoms with E-state index in [4.69, 9.17) is 9.47 Å². The van der Waals surface area contributed by atoms with Gasteiger partial charge in [-0.2, -0.15) is 0 Å². The smallest absolute Gasteiger partial charge is 0.274 e. The Bertz CT molecular complexity index is 882. The van der Waals surface area contributed by atoms with Crippen LogP contribution in [0.5, 0.6) is 5.75 Å². The van der Waals surface area contributed by atoms with Crippen LogP contribution in [0.15, 0.2) is 53.5 Å². The number of benzene rings is 2. The maximum atomic E-state index is 11.2. The Morgan fingerprint density at radius 2 is 1.90 bits per heavy atom. The van der Waals surface area contributed by atoms with Crippen molar-refractivity contribution in [1.29, 1.82) is 0 Å². The number of aliphatic imine (C=N–C) groups is 1. The minimum Gasteiger partial charge on any atom is -0.497 e. The zero-order valence-electron chi connectivity index (χ0n) is 17.9. The van der Waals surface area contributed by atoms with Crippen LogP contribution in [0.3, 0.4) is 0 Å². The third-order valence-corrected chi connectivity index (χ3v) is 5.31. The van der Waals surface area contributed by atoms with Gasteiger partial charge >= 0.3 is 0 Å². The minimum atomic E-state index is -0.370. The predicted octanol–water partition coefficient (Wildman–Crippen LogP) is 2.34. The van der Waals surface area contributed by atoms with Crippen molar-refractivity contribution in [2.45, 2.75) is 12.6 Å². The monoisotopic (exact) mass is 427 g/mol. The van der Waals surface area contributed by atoms with Crippen molar-refractivity contribution in [3.63, 3.8) is 0 Å². The molecule has 2 aromatic rings. The third-order valence-electron chi connectivity index (χ3n) is 5.31. The van der Waals surface area contributed by atoms with Gasteiger partial charge in [-0.05, 0) is 17.7 Å². The normalized spacial score (nSPS) is 15.9. The Morgan fingerprint density at radius 1 is 1.19 bits per heavy atom. The van der Waals surface area contributed by atoms with Gasteiger partial charge in [0.2, 0.25) is 0 Å². The highest BCUT2D eigenvalue weighted by atomic mass is 16.6. The highest BCUT2D eigenvalue weighted by Crippen LogP contribution is 2.24. The molecule has 9 heteroatoms. The molecule has 0 bridgehead atoms. The van der Waals surface area contributed by atoms with E-state index in [-0.39, 0.29) is 16.7 Å². The molecule has 1 aliphatic rings. The topological polar surface area (TPSA) is 101 Å². The minimum absolute atomic E-state index is 0.0925. The number of hydrogen-bond acceptors (Lipinski definition) is 6. The van der Waals surface area contributed by atoms with E-state index in [1.54, 1.807) is 32.4 Å². The molecule has 1 saturated heterocycles. The molecule has 1 unspecified atom stereocenters. The van der Waals surface area contributed by atoms with Crippen LogP contribution >= 0.6 is 0 Å². The second-order valence-corrected chi connectivity index (χ2v) is 7.13. The standard InChI is InChI=1S/C22H29N5O4/c1-23-22(24-15-18-5-3-4-6-20(18)27(28)29)25-16-21(26-11-13-31-14-12-26)17-7-9-19(30-2)10-8-17/h3-10,21H,11-16H2,1-2H3,(H2,23,24,25). The lowest BCUT2D eigenvalue weighted by Crippen LogP contribution is -2.46. The number of para-hydroxylation sites is 1. The zero-order valence-corrected chi connectivity index (χ0v) is 17.9. The van der Waals surface area contributed by atoms with Crippen LogP contribution < -0.4 is 15.4 Å². The van der Waals surface area contributed by atoms with Crippen LogP contribution in [0, 0.1) is 10.1 Å². The SMILES string of the molecule is CN=C(NCc1ccccc1[N+](=O)[O-])NCC(c1ccc(OC)cc1)N1CCOCC1. The number of guanidine groups is 1. The molecule has 31 heavy (non-hydrogen) atoms. The van der Waals surface area contributed by atoms with Gasteiger partial charge in [-0.25, -0.2) is 0 Å². The fourth-order valence-corrected chi connectivity index (χ4v) is 3.60. The number of ether oxygens (including phenoxy) is 2. The molecule has 0 amide bonds. The lowest BCUT2D eigenvalue weighted by molar-refractivity contribution is -0.385. The van der Waals surface area contributed by atoms with Crippen molar-refractivity contribution in [2.75, 3.05) is 47.0 Å². The van der Waals surface area contributed by atoms with Crippen LogP contribution in [-0.2, 0) is 11.3 Å². The van der Waals surface area contributed by atoms with E-state index in [1.165, 1.54) is 11.6 Å². The molecular formula is C22H29N5O4. The molecule has 2 aromatic carbocycles. The summed E-state index contributed by atoms with van der Waals surface area (Å²) in [6, 6.07) is 14.9. The van der Waals surface area contributed by atoms with E-state index in [2.05, 4.69) is 32.7 Å². The number of nitrogens with zero attached hydrogens (tertiary/aromatic N) is 3. The van der Waals surface area contributed by atoms with Gasteiger partial charge in [0.25, 0.3) is 5.69 Å². The lowest BCUT2D eigenvalue weighted by Gasteiger charge is -2.35. The van der Waals surface area contributed by atoms with Gasteiger partial charge in [0.15, 0.2) is 5.96 Å². The van der Waals surface area contributed by atoms with E-state index in [0.717, 1.165) is 18.8 Å². The van der Waals surface area contributed by atoms with Gasteiger partial charge in [-0.15, -0.1) is 0 Å². The molecule has 0 aliphatic carbocycles. The van der Waals surface area contributed by atoms with Crippen LogP contribution in [0.2, 0.25) is 0 Å². The van der Waals surface area contributed by atoms with E-state index in [9.17, 15) is 10.1 Å². The van der Waals surface area contributed by atoms with E-state index < -0.39 is 0 Å². The maximum absolute atomic E-state index is 11.2. The molecule has 1 fully saturated rings. The quantitative estimate of drug-likeness (QED) is 0.289. The largest absolute Gasteiger partial charge is 0.497 e. The van der Waals surface area contributed by atoms with Gasteiger partial charge in [0.05, 0.1) is 31.3 Å². The summed E-state index contributed by atoms with van der Waals surface area (Å²) in [5.41, 5.74) is 1.87. The number of nitro benzene ring substituents is 1. The number of rotatable bonds is 8. The predicted molar refractivity (Wildman–Crippen MR) is 119 cm³/mol. The second kappa shape index (κ2) is 11.3. The fourth-order valence-electron chi connectivity index (χ4n) is 3.60. The average molecular weight is 428 g/mol. The number of methoxy groups -OCH3 is 1. The number of nitrogens with one attached hydrogen (secondary N) is 2. The molecule has 1 aliphatic heterocycles. The van der Waals surface area contributed by atoms with E-state index >= 15 is 0 Å². The molecule has 1 heterocycles. The van der Waals surface area contributed by atoms with Crippen molar-refractivity contribution < 1.29 is 14.4 Å².